The van der Waals surface area contributed by atoms with E-state index in [2.05, 4.69) is 5.32 Å². The van der Waals surface area contributed by atoms with Crippen LogP contribution in [-0.2, 0) is 21.4 Å². The second-order valence-corrected chi connectivity index (χ2v) is 10.3. The fourth-order valence-electron chi connectivity index (χ4n) is 3.83. The summed E-state index contributed by atoms with van der Waals surface area (Å²) in [6.45, 7) is 11.0. The van der Waals surface area contributed by atoms with Crippen LogP contribution in [0.5, 0.6) is 0 Å². The molecule has 0 saturated carbocycles. The zero-order chi connectivity index (χ0) is 22.6. The van der Waals surface area contributed by atoms with E-state index >= 15 is 0 Å². The van der Waals surface area contributed by atoms with Crippen LogP contribution in [0.3, 0.4) is 0 Å². The van der Waals surface area contributed by atoms with Gasteiger partial charge in [-0.1, -0.05) is 35.9 Å². The van der Waals surface area contributed by atoms with Crippen molar-refractivity contribution in [3.8, 4) is 0 Å². The van der Waals surface area contributed by atoms with Gasteiger partial charge in [0, 0.05) is 45.7 Å². The number of sulfonamides is 1. The molecule has 1 N–H and O–H groups in total. The van der Waals surface area contributed by atoms with Gasteiger partial charge in [0.05, 0.1) is 4.90 Å². The van der Waals surface area contributed by atoms with Crippen LogP contribution >= 0.6 is 0 Å². The molecule has 0 bridgehead atoms. The first-order valence-corrected chi connectivity index (χ1v) is 12.2. The van der Waals surface area contributed by atoms with Crippen LogP contribution in [-0.4, -0.2) is 56.3 Å². The van der Waals surface area contributed by atoms with Crippen molar-refractivity contribution in [3.63, 3.8) is 0 Å². The number of carbonyl (C=O) groups excluding carboxylic acids is 1. The summed E-state index contributed by atoms with van der Waals surface area (Å²) in [4.78, 5) is 14.8. The monoisotopic (exact) mass is 443 g/mol. The van der Waals surface area contributed by atoms with Gasteiger partial charge in [-0.2, -0.15) is 4.31 Å². The van der Waals surface area contributed by atoms with E-state index in [1.165, 1.54) is 4.31 Å². The van der Waals surface area contributed by atoms with Crippen LogP contribution in [0.1, 0.15) is 34.2 Å². The molecule has 0 radical (unpaired) electrons. The zero-order valence-corrected chi connectivity index (χ0v) is 19.8. The summed E-state index contributed by atoms with van der Waals surface area (Å²) in [5.74, 6) is 0.00224. The van der Waals surface area contributed by atoms with Crippen molar-refractivity contribution in [2.75, 3.05) is 32.7 Å². The highest BCUT2D eigenvalue weighted by molar-refractivity contribution is 7.89. The molecule has 0 atom stereocenters. The van der Waals surface area contributed by atoms with Crippen LogP contribution < -0.4 is 5.32 Å². The Balaban J connectivity index is 1.87. The molecule has 1 amide bonds. The molecule has 3 rings (SSSR count). The van der Waals surface area contributed by atoms with Gasteiger partial charge in [0.15, 0.2) is 0 Å². The quantitative estimate of drug-likeness (QED) is 0.714. The van der Waals surface area contributed by atoms with E-state index in [1.807, 2.05) is 62.9 Å². The number of rotatable bonds is 7. The van der Waals surface area contributed by atoms with Crippen LogP contribution in [0.25, 0.3) is 0 Å². The SMILES string of the molecule is Cc1ccc(CN(CCC(=O)N2CCNCC2)S(=O)(=O)c2cc(C)c(C)cc2C)cc1. The van der Waals surface area contributed by atoms with E-state index in [0.717, 1.165) is 40.9 Å². The number of hydrogen-bond acceptors (Lipinski definition) is 4. The highest BCUT2D eigenvalue weighted by atomic mass is 32.2. The molecular formula is C24H33N3O3S. The van der Waals surface area contributed by atoms with Crippen LogP contribution in [0.4, 0.5) is 0 Å². The van der Waals surface area contributed by atoms with E-state index < -0.39 is 10.0 Å². The van der Waals surface area contributed by atoms with Crippen molar-refractivity contribution in [3.05, 3.63) is 64.2 Å². The molecule has 6 nitrogen and oxygen atoms in total. The van der Waals surface area contributed by atoms with Crippen molar-refractivity contribution in [1.29, 1.82) is 0 Å². The maximum Gasteiger partial charge on any atom is 0.243 e. The van der Waals surface area contributed by atoms with E-state index in [4.69, 9.17) is 0 Å². The Labute approximate surface area is 186 Å². The number of amides is 1. The zero-order valence-electron chi connectivity index (χ0n) is 18.9. The largest absolute Gasteiger partial charge is 0.340 e. The summed E-state index contributed by atoms with van der Waals surface area (Å²) >= 11 is 0. The molecule has 2 aromatic carbocycles. The second kappa shape index (κ2) is 9.94. The number of aryl methyl sites for hydroxylation is 4. The molecule has 0 unspecified atom stereocenters. The van der Waals surface area contributed by atoms with E-state index in [0.29, 0.717) is 18.0 Å². The molecule has 0 aliphatic carbocycles. The standard InChI is InChI=1S/C24H33N3O3S/c1-18-5-7-22(8-6-18)17-27(12-9-24(28)26-13-10-25-11-14-26)31(29,30)23-16-20(3)19(2)15-21(23)4/h5-8,15-16,25H,9-14,17H2,1-4H3. The van der Waals surface area contributed by atoms with E-state index in [-0.39, 0.29) is 25.4 Å². The average Bonchev–Trinajstić information content (AvgIpc) is 2.75. The van der Waals surface area contributed by atoms with E-state index in [9.17, 15) is 13.2 Å². The summed E-state index contributed by atoms with van der Waals surface area (Å²) < 4.78 is 28.8. The van der Waals surface area contributed by atoms with Gasteiger partial charge < -0.3 is 10.2 Å². The summed E-state index contributed by atoms with van der Waals surface area (Å²) in [5.41, 5.74) is 4.76. The second-order valence-electron chi connectivity index (χ2n) is 8.41. The highest BCUT2D eigenvalue weighted by Crippen LogP contribution is 2.25. The summed E-state index contributed by atoms with van der Waals surface area (Å²) in [7, 11) is -3.76. The molecule has 168 valence electrons. The maximum atomic E-state index is 13.7. The number of piperazine rings is 1. The van der Waals surface area contributed by atoms with Crippen molar-refractivity contribution < 1.29 is 13.2 Å². The van der Waals surface area contributed by atoms with Gasteiger partial charge in [-0.15, -0.1) is 0 Å². The fourth-order valence-corrected chi connectivity index (χ4v) is 5.55. The topological polar surface area (TPSA) is 69.7 Å². The third kappa shape index (κ3) is 5.73. The predicted octanol–water partition coefficient (Wildman–Crippen LogP) is 2.93. The minimum atomic E-state index is -3.76. The Bertz CT molecular complexity index is 1030. The predicted molar refractivity (Wildman–Crippen MR) is 123 cm³/mol. The first kappa shape index (κ1) is 23.4. The lowest BCUT2D eigenvalue weighted by Crippen LogP contribution is -2.47. The van der Waals surface area contributed by atoms with Crippen molar-refractivity contribution >= 4 is 15.9 Å². The third-order valence-corrected chi connectivity index (χ3v) is 7.92. The van der Waals surface area contributed by atoms with Gasteiger partial charge in [-0.25, -0.2) is 8.42 Å². The average molecular weight is 444 g/mol. The molecule has 1 aliphatic heterocycles. The lowest BCUT2D eigenvalue weighted by Gasteiger charge is -2.29. The Morgan fingerprint density at radius 1 is 0.968 bits per heavy atom. The number of nitrogens with zero attached hydrogens (tertiary/aromatic N) is 2. The number of carbonyl (C=O) groups is 1. The van der Waals surface area contributed by atoms with Crippen molar-refractivity contribution in [2.45, 2.75) is 45.6 Å². The minimum Gasteiger partial charge on any atom is -0.340 e. The molecule has 31 heavy (non-hydrogen) atoms. The van der Waals surface area contributed by atoms with Gasteiger partial charge in [-0.05, 0) is 56.0 Å². The molecule has 7 heteroatoms. The lowest BCUT2D eigenvalue weighted by atomic mass is 10.1. The highest BCUT2D eigenvalue weighted by Gasteiger charge is 2.28. The summed E-state index contributed by atoms with van der Waals surface area (Å²) in [5, 5.41) is 3.23. The molecule has 2 aromatic rings. The van der Waals surface area contributed by atoms with Crippen molar-refractivity contribution in [1.82, 2.24) is 14.5 Å². The molecule has 1 aliphatic rings. The molecule has 1 saturated heterocycles. The summed E-state index contributed by atoms with van der Waals surface area (Å²) in [6.07, 6.45) is 0.176. The van der Waals surface area contributed by atoms with Crippen molar-refractivity contribution in [2.24, 2.45) is 0 Å². The fraction of sp³-hybridized carbons (Fsp3) is 0.458. The van der Waals surface area contributed by atoms with Crippen LogP contribution in [0, 0.1) is 27.7 Å². The maximum absolute atomic E-state index is 13.7. The molecule has 0 aromatic heterocycles. The van der Waals surface area contributed by atoms with Crippen LogP contribution in [0.2, 0.25) is 0 Å². The Morgan fingerprint density at radius 3 is 2.23 bits per heavy atom. The number of benzene rings is 2. The molecule has 1 heterocycles. The van der Waals surface area contributed by atoms with Gasteiger partial charge in [-0.3, -0.25) is 4.79 Å². The van der Waals surface area contributed by atoms with Gasteiger partial charge in [0.2, 0.25) is 15.9 Å². The molecule has 0 spiro atoms. The summed E-state index contributed by atoms with van der Waals surface area (Å²) in [6, 6.07) is 11.5. The van der Waals surface area contributed by atoms with Crippen LogP contribution in [0.15, 0.2) is 41.3 Å². The van der Waals surface area contributed by atoms with Gasteiger partial charge >= 0.3 is 0 Å². The number of nitrogens with one attached hydrogen (secondary N) is 1. The first-order chi connectivity index (χ1) is 14.7. The Morgan fingerprint density at radius 2 is 1.58 bits per heavy atom. The van der Waals surface area contributed by atoms with Gasteiger partial charge in [0.1, 0.15) is 0 Å². The smallest absolute Gasteiger partial charge is 0.243 e. The van der Waals surface area contributed by atoms with E-state index in [1.54, 1.807) is 6.07 Å². The Kier molecular flexibility index (Phi) is 7.51. The molecular weight excluding hydrogens is 410 g/mol. The normalized spacial score (nSPS) is 14.8. The third-order valence-electron chi connectivity index (χ3n) is 5.93. The van der Waals surface area contributed by atoms with Gasteiger partial charge in [0.25, 0.3) is 0 Å². The molecule has 1 fully saturated rings. The number of hydrogen-bond donors (Lipinski definition) is 1. The first-order valence-electron chi connectivity index (χ1n) is 10.8. The minimum absolute atomic E-state index is 0.00224. The lowest BCUT2D eigenvalue weighted by molar-refractivity contribution is -0.131. The Hall–Kier alpha value is -2.22.